The molecule has 1 aromatic rings. The molecule has 0 spiro atoms. The van der Waals surface area contributed by atoms with E-state index >= 15 is 0 Å². The number of amides is 1. The molecule has 1 amide bonds. The van der Waals surface area contributed by atoms with Crippen molar-refractivity contribution in [2.45, 2.75) is 32.2 Å². The fourth-order valence-electron chi connectivity index (χ4n) is 3.29. The number of hydrogen-bond donors (Lipinski definition) is 1. The average Bonchev–Trinajstić information content (AvgIpc) is 2.88. The summed E-state index contributed by atoms with van der Waals surface area (Å²) in [4.78, 5) is 13.8. The van der Waals surface area contributed by atoms with Gasteiger partial charge in [-0.1, -0.05) is 25.1 Å². The molecule has 2 aliphatic rings. The summed E-state index contributed by atoms with van der Waals surface area (Å²) in [6.45, 7) is 3.56. The van der Waals surface area contributed by atoms with Gasteiger partial charge in [0.25, 0.3) is 10.2 Å². The lowest BCUT2D eigenvalue weighted by molar-refractivity contribution is -0.117. The maximum absolute atomic E-state index is 12.5. The van der Waals surface area contributed by atoms with Crippen molar-refractivity contribution >= 4 is 21.8 Å². The summed E-state index contributed by atoms with van der Waals surface area (Å²) in [5.74, 6) is 0.335. The van der Waals surface area contributed by atoms with Crippen LogP contribution < -0.4 is 9.62 Å². The van der Waals surface area contributed by atoms with E-state index in [9.17, 15) is 13.2 Å². The lowest BCUT2D eigenvalue weighted by Crippen LogP contribution is -2.49. The molecular formula is C16H23N3O3S. The molecule has 3 rings (SSSR count). The van der Waals surface area contributed by atoms with E-state index in [0.29, 0.717) is 25.6 Å². The Bertz CT molecular complexity index is 662. The molecule has 0 radical (unpaired) electrons. The summed E-state index contributed by atoms with van der Waals surface area (Å²) in [6, 6.07) is 8.99. The topological polar surface area (TPSA) is 69.7 Å². The fourth-order valence-corrected chi connectivity index (χ4v) is 4.84. The third kappa shape index (κ3) is 3.73. The Kier molecular flexibility index (Phi) is 4.70. The van der Waals surface area contributed by atoms with Crippen LogP contribution in [-0.2, 0) is 15.0 Å². The Balaban J connectivity index is 1.66. The number of hydrogen-bond acceptors (Lipinski definition) is 3. The first-order valence-corrected chi connectivity index (χ1v) is 9.52. The number of piperidine rings is 1. The van der Waals surface area contributed by atoms with Crippen LogP contribution in [0, 0.1) is 5.92 Å². The average molecular weight is 337 g/mol. The maximum atomic E-state index is 12.5. The Labute approximate surface area is 137 Å². The zero-order valence-corrected chi connectivity index (χ0v) is 14.1. The highest BCUT2D eigenvalue weighted by molar-refractivity contribution is 7.87. The minimum Gasteiger partial charge on any atom is -0.311 e. The fraction of sp³-hybridized carbons (Fsp3) is 0.562. The van der Waals surface area contributed by atoms with Crippen LogP contribution in [0.3, 0.4) is 0 Å². The van der Waals surface area contributed by atoms with Crippen molar-refractivity contribution in [3.8, 4) is 0 Å². The van der Waals surface area contributed by atoms with E-state index in [1.807, 2.05) is 30.3 Å². The second-order valence-electron chi connectivity index (χ2n) is 6.47. The van der Waals surface area contributed by atoms with Crippen LogP contribution in [-0.4, -0.2) is 44.3 Å². The number of para-hydroxylation sites is 1. The van der Waals surface area contributed by atoms with Gasteiger partial charge in [-0.25, -0.2) is 0 Å². The molecule has 126 valence electrons. The van der Waals surface area contributed by atoms with Gasteiger partial charge in [-0.2, -0.15) is 17.4 Å². The lowest BCUT2D eigenvalue weighted by atomic mass is 10.0. The van der Waals surface area contributed by atoms with Crippen LogP contribution in [0.2, 0.25) is 0 Å². The van der Waals surface area contributed by atoms with Crippen molar-refractivity contribution < 1.29 is 13.2 Å². The van der Waals surface area contributed by atoms with Crippen molar-refractivity contribution in [2.24, 2.45) is 5.92 Å². The molecule has 6 nitrogen and oxygen atoms in total. The largest absolute Gasteiger partial charge is 0.311 e. The van der Waals surface area contributed by atoms with Crippen molar-refractivity contribution in [2.75, 3.05) is 24.5 Å². The highest BCUT2D eigenvalue weighted by Crippen LogP contribution is 2.23. The minimum absolute atomic E-state index is 0.0455. The predicted octanol–water partition coefficient (Wildman–Crippen LogP) is 1.36. The Morgan fingerprint density at radius 2 is 1.91 bits per heavy atom. The zero-order chi connectivity index (χ0) is 16.4. The third-order valence-corrected chi connectivity index (χ3v) is 6.11. The van der Waals surface area contributed by atoms with Gasteiger partial charge in [0.2, 0.25) is 5.91 Å². The summed E-state index contributed by atoms with van der Waals surface area (Å²) >= 11 is 0. The second kappa shape index (κ2) is 6.59. The quantitative estimate of drug-likeness (QED) is 0.902. The van der Waals surface area contributed by atoms with E-state index in [-0.39, 0.29) is 18.4 Å². The standard InChI is InChI=1S/C16H23N3O3S/c1-13-6-5-9-18(11-13)23(21,22)17-14-10-16(20)19(12-14)15-7-3-2-4-8-15/h2-4,7-8,13-14,17H,5-6,9-12H2,1H3. The van der Waals surface area contributed by atoms with E-state index in [2.05, 4.69) is 11.6 Å². The molecule has 1 N–H and O–H groups in total. The number of anilines is 1. The van der Waals surface area contributed by atoms with Gasteiger partial charge in [0.15, 0.2) is 0 Å². The number of carbonyl (C=O) groups is 1. The van der Waals surface area contributed by atoms with Crippen molar-refractivity contribution in [3.63, 3.8) is 0 Å². The van der Waals surface area contributed by atoms with Gasteiger partial charge in [0, 0.05) is 37.8 Å². The molecule has 2 fully saturated rings. The summed E-state index contributed by atoms with van der Waals surface area (Å²) in [5.41, 5.74) is 0.811. The van der Waals surface area contributed by atoms with E-state index in [4.69, 9.17) is 0 Å². The smallest absolute Gasteiger partial charge is 0.279 e. The molecule has 2 unspecified atom stereocenters. The number of carbonyl (C=O) groups excluding carboxylic acids is 1. The molecular weight excluding hydrogens is 314 g/mol. The van der Waals surface area contributed by atoms with Crippen LogP contribution in [0.5, 0.6) is 0 Å². The number of nitrogens with zero attached hydrogens (tertiary/aromatic N) is 2. The number of benzene rings is 1. The lowest BCUT2D eigenvalue weighted by Gasteiger charge is -2.31. The Hall–Kier alpha value is -1.44. The van der Waals surface area contributed by atoms with Gasteiger partial charge in [-0.15, -0.1) is 0 Å². The molecule has 2 atom stereocenters. The summed E-state index contributed by atoms with van der Waals surface area (Å²) in [5, 5.41) is 0. The molecule has 1 aromatic carbocycles. The summed E-state index contributed by atoms with van der Waals surface area (Å²) < 4.78 is 29.3. The molecule has 0 bridgehead atoms. The number of rotatable bonds is 4. The highest BCUT2D eigenvalue weighted by atomic mass is 32.2. The molecule has 2 saturated heterocycles. The Morgan fingerprint density at radius 1 is 1.17 bits per heavy atom. The molecule has 0 saturated carbocycles. The van der Waals surface area contributed by atoms with E-state index in [1.165, 1.54) is 4.31 Å². The van der Waals surface area contributed by atoms with Crippen molar-refractivity contribution in [3.05, 3.63) is 30.3 Å². The van der Waals surface area contributed by atoms with Gasteiger partial charge in [-0.05, 0) is 30.9 Å². The van der Waals surface area contributed by atoms with Crippen LogP contribution in [0.25, 0.3) is 0 Å². The Morgan fingerprint density at radius 3 is 2.61 bits per heavy atom. The first kappa shape index (κ1) is 16.4. The molecule has 2 aliphatic heterocycles. The molecule has 2 heterocycles. The van der Waals surface area contributed by atoms with Crippen LogP contribution >= 0.6 is 0 Å². The maximum Gasteiger partial charge on any atom is 0.279 e. The first-order valence-electron chi connectivity index (χ1n) is 8.08. The molecule has 7 heteroatoms. The van der Waals surface area contributed by atoms with Gasteiger partial charge in [0.1, 0.15) is 0 Å². The number of nitrogens with one attached hydrogen (secondary N) is 1. The third-order valence-electron chi connectivity index (χ3n) is 4.47. The van der Waals surface area contributed by atoms with E-state index < -0.39 is 10.2 Å². The monoisotopic (exact) mass is 337 g/mol. The molecule has 0 aromatic heterocycles. The van der Waals surface area contributed by atoms with Crippen LogP contribution in [0.4, 0.5) is 5.69 Å². The molecule has 23 heavy (non-hydrogen) atoms. The zero-order valence-electron chi connectivity index (χ0n) is 13.3. The van der Waals surface area contributed by atoms with E-state index in [1.54, 1.807) is 4.90 Å². The second-order valence-corrected chi connectivity index (χ2v) is 8.17. The summed E-state index contributed by atoms with van der Waals surface area (Å²) in [6.07, 6.45) is 2.16. The van der Waals surface area contributed by atoms with Crippen LogP contribution in [0.15, 0.2) is 30.3 Å². The highest BCUT2D eigenvalue weighted by Gasteiger charge is 2.35. The SMILES string of the molecule is CC1CCCN(S(=O)(=O)NC2CC(=O)N(c3ccccc3)C2)C1. The van der Waals surface area contributed by atoms with E-state index in [0.717, 1.165) is 18.5 Å². The normalized spacial score (nSPS) is 26.7. The van der Waals surface area contributed by atoms with Gasteiger partial charge in [0.05, 0.1) is 0 Å². The van der Waals surface area contributed by atoms with Crippen molar-refractivity contribution in [1.29, 1.82) is 0 Å². The first-order chi connectivity index (χ1) is 11.0. The van der Waals surface area contributed by atoms with Crippen LogP contribution in [0.1, 0.15) is 26.2 Å². The van der Waals surface area contributed by atoms with Gasteiger partial charge < -0.3 is 4.90 Å². The van der Waals surface area contributed by atoms with Gasteiger partial charge in [-0.3, -0.25) is 4.79 Å². The summed E-state index contributed by atoms with van der Waals surface area (Å²) in [7, 11) is -3.52. The molecule has 0 aliphatic carbocycles. The van der Waals surface area contributed by atoms with Gasteiger partial charge >= 0.3 is 0 Å². The van der Waals surface area contributed by atoms with Crippen molar-refractivity contribution in [1.82, 2.24) is 9.03 Å². The predicted molar refractivity (Wildman–Crippen MR) is 89.2 cm³/mol. The minimum atomic E-state index is -3.52.